The topological polar surface area (TPSA) is 30.7 Å². The van der Waals surface area contributed by atoms with E-state index in [0.29, 0.717) is 0 Å². The molecular formula is C12H15N3. The van der Waals surface area contributed by atoms with Crippen LogP contribution in [0.2, 0.25) is 0 Å². The Morgan fingerprint density at radius 1 is 1.20 bits per heavy atom. The van der Waals surface area contributed by atoms with Crippen molar-refractivity contribution in [3.63, 3.8) is 0 Å². The molecule has 0 unspecified atom stereocenters. The number of rotatable bonds is 4. The molecule has 2 heterocycles. The fourth-order valence-electron chi connectivity index (χ4n) is 1.55. The SMILES string of the molecule is CCCCn1ccnc1-c1ccccn1. The summed E-state index contributed by atoms with van der Waals surface area (Å²) in [6, 6.07) is 5.90. The van der Waals surface area contributed by atoms with Crippen LogP contribution in [-0.2, 0) is 6.54 Å². The number of unbranched alkanes of at least 4 members (excludes halogenated alkanes) is 1. The summed E-state index contributed by atoms with van der Waals surface area (Å²) in [7, 11) is 0. The number of nitrogens with zero attached hydrogens (tertiary/aromatic N) is 3. The standard InChI is InChI=1S/C12H15N3/c1-2-3-9-15-10-8-14-12(15)11-6-4-5-7-13-11/h4-8,10H,2-3,9H2,1H3. The highest BCUT2D eigenvalue weighted by Crippen LogP contribution is 2.14. The van der Waals surface area contributed by atoms with Crippen LogP contribution in [0.1, 0.15) is 19.8 Å². The van der Waals surface area contributed by atoms with Gasteiger partial charge in [0.15, 0.2) is 5.82 Å². The quantitative estimate of drug-likeness (QED) is 0.761. The van der Waals surface area contributed by atoms with Gasteiger partial charge in [0, 0.05) is 25.1 Å². The van der Waals surface area contributed by atoms with Gasteiger partial charge >= 0.3 is 0 Å². The normalized spacial score (nSPS) is 10.5. The third-order valence-electron chi connectivity index (χ3n) is 2.36. The first kappa shape index (κ1) is 9.90. The monoisotopic (exact) mass is 201 g/mol. The Morgan fingerprint density at radius 3 is 2.87 bits per heavy atom. The molecule has 0 aromatic carbocycles. The molecule has 2 aromatic rings. The van der Waals surface area contributed by atoms with Crippen molar-refractivity contribution in [3.05, 3.63) is 36.8 Å². The highest BCUT2D eigenvalue weighted by atomic mass is 15.1. The van der Waals surface area contributed by atoms with Crippen molar-refractivity contribution in [2.24, 2.45) is 0 Å². The first-order chi connectivity index (χ1) is 7.42. The zero-order chi connectivity index (χ0) is 10.5. The van der Waals surface area contributed by atoms with E-state index in [-0.39, 0.29) is 0 Å². The summed E-state index contributed by atoms with van der Waals surface area (Å²) in [5.41, 5.74) is 0.943. The van der Waals surface area contributed by atoms with E-state index in [4.69, 9.17) is 0 Å². The van der Waals surface area contributed by atoms with Crippen LogP contribution in [0.4, 0.5) is 0 Å². The van der Waals surface area contributed by atoms with Crippen molar-refractivity contribution in [1.29, 1.82) is 0 Å². The molecule has 2 aromatic heterocycles. The molecule has 0 aliphatic heterocycles. The Hall–Kier alpha value is -1.64. The van der Waals surface area contributed by atoms with Gasteiger partial charge in [0.25, 0.3) is 0 Å². The number of aryl methyl sites for hydroxylation is 1. The van der Waals surface area contributed by atoms with Crippen LogP contribution >= 0.6 is 0 Å². The van der Waals surface area contributed by atoms with E-state index in [1.165, 1.54) is 12.8 Å². The maximum absolute atomic E-state index is 4.34. The number of hydrogen-bond acceptors (Lipinski definition) is 2. The maximum Gasteiger partial charge on any atom is 0.158 e. The highest BCUT2D eigenvalue weighted by molar-refractivity contribution is 5.48. The predicted octanol–water partition coefficient (Wildman–Crippen LogP) is 2.75. The van der Waals surface area contributed by atoms with E-state index in [1.54, 1.807) is 6.20 Å². The van der Waals surface area contributed by atoms with Crippen LogP contribution in [0.3, 0.4) is 0 Å². The summed E-state index contributed by atoms with van der Waals surface area (Å²) in [5, 5.41) is 0. The zero-order valence-electron chi connectivity index (χ0n) is 8.93. The molecule has 0 aliphatic carbocycles. The molecule has 0 saturated heterocycles. The molecule has 3 heteroatoms. The summed E-state index contributed by atoms with van der Waals surface area (Å²) in [6.45, 7) is 3.21. The lowest BCUT2D eigenvalue weighted by atomic mass is 10.3. The third-order valence-corrected chi connectivity index (χ3v) is 2.36. The Morgan fingerprint density at radius 2 is 2.13 bits per heavy atom. The summed E-state index contributed by atoms with van der Waals surface area (Å²) in [4.78, 5) is 8.65. The number of pyridine rings is 1. The molecule has 15 heavy (non-hydrogen) atoms. The first-order valence-electron chi connectivity index (χ1n) is 5.34. The van der Waals surface area contributed by atoms with Gasteiger partial charge in [-0.15, -0.1) is 0 Å². The largest absolute Gasteiger partial charge is 0.330 e. The van der Waals surface area contributed by atoms with Gasteiger partial charge in [-0.2, -0.15) is 0 Å². The van der Waals surface area contributed by atoms with Crippen LogP contribution < -0.4 is 0 Å². The lowest BCUT2D eigenvalue weighted by Crippen LogP contribution is -2.00. The number of imidazole rings is 1. The second-order valence-corrected chi connectivity index (χ2v) is 3.51. The molecule has 78 valence electrons. The molecule has 2 rings (SSSR count). The van der Waals surface area contributed by atoms with E-state index < -0.39 is 0 Å². The van der Waals surface area contributed by atoms with E-state index in [2.05, 4.69) is 21.5 Å². The summed E-state index contributed by atoms with van der Waals surface area (Å²) in [6.07, 6.45) is 8.02. The van der Waals surface area contributed by atoms with Gasteiger partial charge in [0.1, 0.15) is 5.69 Å². The predicted molar refractivity (Wildman–Crippen MR) is 60.4 cm³/mol. The molecule has 0 radical (unpaired) electrons. The van der Waals surface area contributed by atoms with E-state index in [0.717, 1.165) is 18.1 Å². The van der Waals surface area contributed by atoms with Crippen molar-refractivity contribution < 1.29 is 0 Å². The van der Waals surface area contributed by atoms with Gasteiger partial charge in [-0.1, -0.05) is 19.4 Å². The fraction of sp³-hybridized carbons (Fsp3) is 0.333. The van der Waals surface area contributed by atoms with Gasteiger partial charge in [0.05, 0.1) is 0 Å². The Bertz CT molecular complexity index is 406. The van der Waals surface area contributed by atoms with E-state index >= 15 is 0 Å². The van der Waals surface area contributed by atoms with Gasteiger partial charge in [0.2, 0.25) is 0 Å². The summed E-state index contributed by atoms with van der Waals surface area (Å²) in [5.74, 6) is 0.962. The Labute approximate surface area is 89.8 Å². The lowest BCUT2D eigenvalue weighted by Gasteiger charge is -2.05. The molecule has 0 spiro atoms. The van der Waals surface area contributed by atoms with Gasteiger partial charge in [-0.05, 0) is 18.6 Å². The van der Waals surface area contributed by atoms with Crippen LogP contribution in [0.15, 0.2) is 36.8 Å². The molecular weight excluding hydrogens is 186 g/mol. The second-order valence-electron chi connectivity index (χ2n) is 3.51. The van der Waals surface area contributed by atoms with Crippen molar-refractivity contribution in [2.45, 2.75) is 26.3 Å². The van der Waals surface area contributed by atoms with Gasteiger partial charge < -0.3 is 4.57 Å². The molecule has 0 N–H and O–H groups in total. The molecule has 0 saturated carbocycles. The van der Waals surface area contributed by atoms with Crippen LogP contribution in [0, 0.1) is 0 Å². The summed E-state index contributed by atoms with van der Waals surface area (Å²) < 4.78 is 2.16. The zero-order valence-corrected chi connectivity index (χ0v) is 8.93. The average Bonchev–Trinajstić information content (AvgIpc) is 2.75. The van der Waals surface area contributed by atoms with Crippen molar-refractivity contribution in [2.75, 3.05) is 0 Å². The Balaban J connectivity index is 2.25. The van der Waals surface area contributed by atoms with Crippen LogP contribution in [0.25, 0.3) is 11.5 Å². The molecule has 0 fully saturated rings. The lowest BCUT2D eigenvalue weighted by molar-refractivity contribution is 0.636. The minimum absolute atomic E-state index is 0.943. The molecule has 0 aliphatic rings. The van der Waals surface area contributed by atoms with Gasteiger partial charge in [-0.25, -0.2) is 4.98 Å². The minimum atomic E-state index is 0.943. The average molecular weight is 201 g/mol. The van der Waals surface area contributed by atoms with E-state index in [9.17, 15) is 0 Å². The van der Waals surface area contributed by atoms with Crippen molar-refractivity contribution in [1.82, 2.24) is 14.5 Å². The first-order valence-corrected chi connectivity index (χ1v) is 5.34. The summed E-state index contributed by atoms with van der Waals surface area (Å²) >= 11 is 0. The van der Waals surface area contributed by atoms with Crippen molar-refractivity contribution >= 4 is 0 Å². The fourth-order valence-corrected chi connectivity index (χ4v) is 1.55. The maximum atomic E-state index is 4.34. The van der Waals surface area contributed by atoms with Gasteiger partial charge in [-0.3, -0.25) is 4.98 Å². The van der Waals surface area contributed by atoms with Crippen LogP contribution in [0.5, 0.6) is 0 Å². The van der Waals surface area contributed by atoms with E-state index in [1.807, 2.05) is 30.6 Å². The molecule has 0 atom stereocenters. The Kier molecular flexibility index (Phi) is 3.12. The smallest absolute Gasteiger partial charge is 0.158 e. The minimum Gasteiger partial charge on any atom is -0.330 e. The van der Waals surface area contributed by atoms with Crippen LogP contribution in [-0.4, -0.2) is 14.5 Å². The molecule has 0 bridgehead atoms. The second kappa shape index (κ2) is 4.73. The molecule has 3 nitrogen and oxygen atoms in total. The number of aromatic nitrogens is 3. The van der Waals surface area contributed by atoms with Crippen molar-refractivity contribution in [3.8, 4) is 11.5 Å². The molecule has 0 amide bonds. The highest BCUT2D eigenvalue weighted by Gasteiger charge is 2.05. The third kappa shape index (κ3) is 2.24. The number of hydrogen-bond donors (Lipinski definition) is 0.